The van der Waals surface area contributed by atoms with Crippen LogP contribution in [0.5, 0.6) is 0 Å². The van der Waals surface area contributed by atoms with Crippen molar-refractivity contribution in [3.8, 4) is 0 Å². The van der Waals surface area contributed by atoms with Crippen LogP contribution in [0.1, 0.15) is 59.3 Å². The summed E-state index contributed by atoms with van der Waals surface area (Å²) in [5.41, 5.74) is 0.538. The van der Waals surface area contributed by atoms with E-state index in [2.05, 4.69) is 32.5 Å². The molecule has 0 amide bonds. The van der Waals surface area contributed by atoms with Crippen molar-refractivity contribution in [3.05, 3.63) is 0 Å². The van der Waals surface area contributed by atoms with Gasteiger partial charge in [-0.3, -0.25) is 0 Å². The Morgan fingerprint density at radius 1 is 1.15 bits per heavy atom. The lowest BCUT2D eigenvalue weighted by Gasteiger charge is -2.18. The van der Waals surface area contributed by atoms with Crippen LogP contribution in [-0.4, -0.2) is 11.0 Å². The van der Waals surface area contributed by atoms with Gasteiger partial charge in [-0.25, -0.2) is 0 Å². The molecular formula is C12H24S. The topological polar surface area (TPSA) is 0 Å². The highest BCUT2D eigenvalue weighted by atomic mass is 32.2. The van der Waals surface area contributed by atoms with Crippen molar-refractivity contribution in [2.75, 3.05) is 5.75 Å². The van der Waals surface area contributed by atoms with E-state index in [1.807, 2.05) is 0 Å². The molecule has 1 aliphatic rings. The number of rotatable bonds is 4. The van der Waals surface area contributed by atoms with Gasteiger partial charge in [0.2, 0.25) is 0 Å². The summed E-state index contributed by atoms with van der Waals surface area (Å²) in [4.78, 5) is 0. The molecule has 0 bridgehead atoms. The molecule has 0 spiro atoms. The second kappa shape index (κ2) is 5.29. The Morgan fingerprint density at radius 2 is 1.77 bits per heavy atom. The lowest BCUT2D eigenvalue weighted by molar-refractivity contribution is 0.374. The molecule has 0 aromatic carbocycles. The standard InChI is InChI=1S/C12H24S/c1-12(2,3)9-6-10-13-11-7-4-5-8-11/h11H,4-10H2,1-3H3. The Bertz CT molecular complexity index is 129. The maximum absolute atomic E-state index is 2.34. The molecular weight excluding hydrogens is 176 g/mol. The molecule has 0 atom stereocenters. The Morgan fingerprint density at radius 3 is 2.31 bits per heavy atom. The average molecular weight is 200 g/mol. The van der Waals surface area contributed by atoms with Gasteiger partial charge < -0.3 is 0 Å². The zero-order valence-corrected chi connectivity index (χ0v) is 10.3. The van der Waals surface area contributed by atoms with Crippen LogP contribution >= 0.6 is 11.8 Å². The van der Waals surface area contributed by atoms with Crippen LogP contribution in [-0.2, 0) is 0 Å². The SMILES string of the molecule is CC(C)(C)CCCSC1CCCC1. The van der Waals surface area contributed by atoms with Crippen molar-refractivity contribution in [2.45, 2.75) is 64.5 Å². The summed E-state index contributed by atoms with van der Waals surface area (Å²) < 4.78 is 0. The minimum absolute atomic E-state index is 0.538. The highest BCUT2D eigenvalue weighted by Crippen LogP contribution is 2.31. The third-order valence-electron chi connectivity index (χ3n) is 2.73. The first-order chi connectivity index (χ1) is 6.08. The molecule has 78 valence electrons. The van der Waals surface area contributed by atoms with E-state index >= 15 is 0 Å². The summed E-state index contributed by atoms with van der Waals surface area (Å²) in [7, 11) is 0. The molecule has 1 heteroatoms. The van der Waals surface area contributed by atoms with E-state index in [9.17, 15) is 0 Å². The highest BCUT2D eigenvalue weighted by molar-refractivity contribution is 7.99. The van der Waals surface area contributed by atoms with Gasteiger partial charge >= 0.3 is 0 Å². The van der Waals surface area contributed by atoms with E-state index in [-0.39, 0.29) is 0 Å². The zero-order chi connectivity index (χ0) is 9.73. The molecule has 1 aliphatic carbocycles. The van der Waals surface area contributed by atoms with Crippen LogP contribution in [0.3, 0.4) is 0 Å². The normalized spacial score (nSPS) is 19.6. The van der Waals surface area contributed by atoms with Crippen LogP contribution in [0.15, 0.2) is 0 Å². The fourth-order valence-corrected chi connectivity index (χ4v) is 3.22. The molecule has 0 aromatic heterocycles. The van der Waals surface area contributed by atoms with Crippen LogP contribution in [0.4, 0.5) is 0 Å². The molecule has 0 N–H and O–H groups in total. The lowest BCUT2D eigenvalue weighted by Crippen LogP contribution is -2.05. The van der Waals surface area contributed by atoms with E-state index in [0.29, 0.717) is 5.41 Å². The van der Waals surface area contributed by atoms with Gasteiger partial charge in [-0.05, 0) is 36.9 Å². The number of hydrogen-bond acceptors (Lipinski definition) is 1. The fourth-order valence-electron chi connectivity index (χ4n) is 1.91. The minimum Gasteiger partial charge on any atom is -0.159 e. The Labute approximate surface area is 87.9 Å². The maximum atomic E-state index is 2.34. The van der Waals surface area contributed by atoms with Gasteiger partial charge in [-0.2, -0.15) is 11.8 Å². The van der Waals surface area contributed by atoms with E-state index in [1.54, 1.807) is 0 Å². The fraction of sp³-hybridized carbons (Fsp3) is 1.00. The smallest absolute Gasteiger partial charge is 0.00470 e. The van der Waals surface area contributed by atoms with Crippen LogP contribution in [0.25, 0.3) is 0 Å². The summed E-state index contributed by atoms with van der Waals surface area (Å²) >= 11 is 2.22. The second-order valence-corrected chi connectivity index (χ2v) is 6.85. The van der Waals surface area contributed by atoms with Gasteiger partial charge in [0, 0.05) is 5.25 Å². The Balaban J connectivity index is 1.94. The summed E-state index contributed by atoms with van der Waals surface area (Å²) in [6.07, 6.45) is 8.73. The van der Waals surface area contributed by atoms with Crippen LogP contribution < -0.4 is 0 Å². The Hall–Kier alpha value is 0.350. The third-order valence-corrected chi connectivity index (χ3v) is 4.19. The molecule has 0 nitrogen and oxygen atoms in total. The number of hydrogen-bond donors (Lipinski definition) is 0. The summed E-state index contributed by atoms with van der Waals surface area (Å²) in [6, 6.07) is 0. The van der Waals surface area contributed by atoms with Gasteiger partial charge in [-0.1, -0.05) is 33.6 Å². The van der Waals surface area contributed by atoms with Gasteiger partial charge in [-0.15, -0.1) is 0 Å². The molecule has 1 saturated carbocycles. The van der Waals surface area contributed by atoms with Crippen molar-refractivity contribution in [3.63, 3.8) is 0 Å². The average Bonchev–Trinajstić information content (AvgIpc) is 2.48. The van der Waals surface area contributed by atoms with E-state index in [4.69, 9.17) is 0 Å². The van der Waals surface area contributed by atoms with E-state index in [1.165, 1.54) is 44.3 Å². The molecule has 1 fully saturated rings. The van der Waals surface area contributed by atoms with Crippen molar-refractivity contribution in [2.24, 2.45) is 5.41 Å². The van der Waals surface area contributed by atoms with Crippen LogP contribution in [0, 0.1) is 5.41 Å². The molecule has 0 aromatic rings. The van der Waals surface area contributed by atoms with Gasteiger partial charge in [0.25, 0.3) is 0 Å². The molecule has 0 aliphatic heterocycles. The van der Waals surface area contributed by atoms with Crippen molar-refractivity contribution < 1.29 is 0 Å². The molecule has 1 rings (SSSR count). The van der Waals surface area contributed by atoms with E-state index in [0.717, 1.165) is 5.25 Å². The van der Waals surface area contributed by atoms with Gasteiger partial charge in [0.1, 0.15) is 0 Å². The summed E-state index contributed by atoms with van der Waals surface area (Å²) in [6.45, 7) is 7.02. The van der Waals surface area contributed by atoms with Gasteiger partial charge in [0.05, 0.1) is 0 Å². The molecule has 0 heterocycles. The lowest BCUT2D eigenvalue weighted by atomic mass is 9.91. The van der Waals surface area contributed by atoms with E-state index < -0.39 is 0 Å². The predicted octanol–water partition coefficient (Wildman–Crippen LogP) is 4.49. The van der Waals surface area contributed by atoms with Crippen LogP contribution in [0.2, 0.25) is 0 Å². The van der Waals surface area contributed by atoms with Gasteiger partial charge in [0.15, 0.2) is 0 Å². The number of thioether (sulfide) groups is 1. The minimum atomic E-state index is 0.538. The quantitative estimate of drug-likeness (QED) is 0.603. The maximum Gasteiger partial charge on any atom is 0.00470 e. The highest BCUT2D eigenvalue weighted by Gasteiger charge is 2.15. The molecule has 13 heavy (non-hydrogen) atoms. The second-order valence-electron chi connectivity index (χ2n) is 5.44. The molecule has 0 unspecified atom stereocenters. The largest absolute Gasteiger partial charge is 0.159 e. The monoisotopic (exact) mass is 200 g/mol. The first kappa shape index (κ1) is 11.4. The molecule has 0 saturated heterocycles. The zero-order valence-electron chi connectivity index (χ0n) is 9.44. The first-order valence-electron chi connectivity index (χ1n) is 5.69. The molecule has 0 radical (unpaired) electrons. The first-order valence-corrected chi connectivity index (χ1v) is 6.74. The third kappa shape index (κ3) is 5.61. The van der Waals surface area contributed by atoms with Crippen molar-refractivity contribution in [1.29, 1.82) is 0 Å². The summed E-state index contributed by atoms with van der Waals surface area (Å²) in [5.74, 6) is 1.39. The van der Waals surface area contributed by atoms with Crippen molar-refractivity contribution >= 4 is 11.8 Å². The summed E-state index contributed by atoms with van der Waals surface area (Å²) in [5, 5.41) is 1.01. The van der Waals surface area contributed by atoms with Crippen molar-refractivity contribution in [1.82, 2.24) is 0 Å². The predicted molar refractivity (Wildman–Crippen MR) is 63.4 cm³/mol. The Kier molecular flexibility index (Phi) is 4.64.